The summed E-state index contributed by atoms with van der Waals surface area (Å²) in [5, 5.41) is 11.5. The van der Waals surface area contributed by atoms with Crippen molar-refractivity contribution in [1.82, 2.24) is 0 Å². The van der Waals surface area contributed by atoms with Crippen LogP contribution >= 0.6 is 0 Å². The molecule has 17 heavy (non-hydrogen) atoms. The average Bonchev–Trinajstić information content (AvgIpc) is 2.38. The first-order chi connectivity index (χ1) is 8.26. The van der Waals surface area contributed by atoms with Gasteiger partial charge >= 0.3 is 0 Å². The van der Waals surface area contributed by atoms with Gasteiger partial charge in [0.2, 0.25) is 0 Å². The largest absolute Gasteiger partial charge is 0.496 e. The first-order valence-electron chi connectivity index (χ1n) is 5.91. The van der Waals surface area contributed by atoms with Crippen LogP contribution in [0.4, 0.5) is 0 Å². The summed E-state index contributed by atoms with van der Waals surface area (Å²) in [5.41, 5.74) is 1.16. The molecule has 0 saturated heterocycles. The van der Waals surface area contributed by atoms with Gasteiger partial charge in [-0.25, -0.2) is 0 Å². The molecule has 2 nitrogen and oxygen atoms in total. The van der Waals surface area contributed by atoms with E-state index >= 15 is 0 Å². The number of hydrogen-bond donors (Lipinski definition) is 1. The predicted octanol–water partition coefficient (Wildman–Crippen LogP) is 3.02. The van der Waals surface area contributed by atoms with E-state index in [2.05, 4.69) is 24.3 Å². The fourth-order valence-corrected chi connectivity index (χ4v) is 2.13. The number of aliphatic hydroxyl groups excluding tert-OH is 1. The van der Waals surface area contributed by atoms with Crippen LogP contribution in [0.25, 0.3) is 10.8 Å². The number of benzene rings is 2. The summed E-state index contributed by atoms with van der Waals surface area (Å²) in [5.74, 6) is 1.19. The third-order valence-electron chi connectivity index (χ3n) is 3.05. The number of aliphatic hydroxyl groups is 1. The minimum absolute atomic E-state index is 0.204. The molecule has 0 aliphatic rings. The van der Waals surface area contributed by atoms with Crippen LogP contribution in [0.3, 0.4) is 0 Å². The predicted molar refractivity (Wildman–Crippen MR) is 70.5 cm³/mol. The van der Waals surface area contributed by atoms with Crippen molar-refractivity contribution in [3.63, 3.8) is 0 Å². The van der Waals surface area contributed by atoms with E-state index in [0.29, 0.717) is 0 Å². The summed E-state index contributed by atoms with van der Waals surface area (Å²) in [6.45, 7) is 2.24. The molecule has 2 heteroatoms. The Hall–Kier alpha value is -1.54. The lowest BCUT2D eigenvalue weighted by Gasteiger charge is -2.14. The summed E-state index contributed by atoms with van der Waals surface area (Å²) < 4.78 is 5.52. The van der Waals surface area contributed by atoms with E-state index in [4.69, 9.17) is 9.84 Å². The highest BCUT2D eigenvalue weighted by Crippen LogP contribution is 2.31. The van der Waals surface area contributed by atoms with Gasteiger partial charge in [0, 0.05) is 12.0 Å². The van der Waals surface area contributed by atoms with Crippen LogP contribution in [0, 0.1) is 5.92 Å². The highest BCUT2D eigenvalue weighted by molar-refractivity contribution is 5.89. The van der Waals surface area contributed by atoms with Crippen molar-refractivity contribution in [3.05, 3.63) is 42.0 Å². The zero-order valence-electron chi connectivity index (χ0n) is 10.3. The Morgan fingerprint density at radius 3 is 2.65 bits per heavy atom. The molecule has 2 aromatic carbocycles. The van der Waals surface area contributed by atoms with E-state index in [9.17, 15) is 0 Å². The van der Waals surface area contributed by atoms with Gasteiger partial charge in [0.25, 0.3) is 0 Å². The molecule has 0 radical (unpaired) electrons. The smallest absolute Gasteiger partial charge is 0.129 e. The van der Waals surface area contributed by atoms with E-state index in [-0.39, 0.29) is 12.5 Å². The molecule has 0 heterocycles. The lowest BCUT2D eigenvalue weighted by Crippen LogP contribution is -2.06. The molecule has 1 unspecified atom stereocenters. The molecule has 90 valence electrons. The van der Waals surface area contributed by atoms with Gasteiger partial charge in [-0.2, -0.15) is 0 Å². The van der Waals surface area contributed by atoms with Crippen LogP contribution in [-0.4, -0.2) is 18.8 Å². The Morgan fingerprint density at radius 1 is 1.18 bits per heavy atom. The lowest BCUT2D eigenvalue weighted by molar-refractivity contribution is 0.236. The summed E-state index contributed by atoms with van der Waals surface area (Å²) in [6.07, 6.45) is 0.838. The molecule has 0 aliphatic carbocycles. The van der Waals surface area contributed by atoms with Gasteiger partial charge in [-0.3, -0.25) is 0 Å². The first-order valence-corrected chi connectivity index (χ1v) is 5.91. The maximum atomic E-state index is 9.13. The van der Waals surface area contributed by atoms with Crippen LogP contribution in [-0.2, 0) is 6.42 Å². The molecule has 0 fully saturated rings. The Kier molecular flexibility index (Phi) is 3.64. The van der Waals surface area contributed by atoms with Gasteiger partial charge in [-0.15, -0.1) is 0 Å². The third kappa shape index (κ3) is 2.42. The molecule has 2 rings (SSSR count). The lowest BCUT2D eigenvalue weighted by atomic mass is 9.97. The molecule has 2 aromatic rings. The molecule has 0 bridgehead atoms. The van der Waals surface area contributed by atoms with E-state index < -0.39 is 0 Å². The van der Waals surface area contributed by atoms with Crippen molar-refractivity contribution < 1.29 is 9.84 Å². The normalized spacial score (nSPS) is 12.6. The number of rotatable bonds is 4. The van der Waals surface area contributed by atoms with Gasteiger partial charge in [0.1, 0.15) is 5.75 Å². The summed E-state index contributed by atoms with van der Waals surface area (Å²) in [6, 6.07) is 12.4. The van der Waals surface area contributed by atoms with Gasteiger partial charge in [-0.05, 0) is 23.3 Å². The Morgan fingerprint density at radius 2 is 1.94 bits per heavy atom. The zero-order chi connectivity index (χ0) is 12.3. The van der Waals surface area contributed by atoms with E-state index in [1.807, 2.05) is 19.1 Å². The fourth-order valence-electron chi connectivity index (χ4n) is 2.13. The number of hydrogen-bond acceptors (Lipinski definition) is 2. The van der Waals surface area contributed by atoms with Crippen LogP contribution in [0.1, 0.15) is 12.5 Å². The second kappa shape index (κ2) is 5.19. The second-order valence-electron chi connectivity index (χ2n) is 4.47. The van der Waals surface area contributed by atoms with Crippen molar-refractivity contribution in [2.45, 2.75) is 13.3 Å². The van der Waals surface area contributed by atoms with E-state index in [1.54, 1.807) is 7.11 Å². The molecule has 1 atom stereocenters. The second-order valence-corrected chi connectivity index (χ2v) is 4.47. The minimum Gasteiger partial charge on any atom is -0.496 e. The van der Waals surface area contributed by atoms with Crippen molar-refractivity contribution in [2.75, 3.05) is 13.7 Å². The van der Waals surface area contributed by atoms with Crippen molar-refractivity contribution >= 4 is 10.8 Å². The number of methoxy groups -OCH3 is 1. The molecule has 0 spiro atoms. The average molecular weight is 230 g/mol. The van der Waals surface area contributed by atoms with Crippen LogP contribution in [0.2, 0.25) is 0 Å². The standard InChI is InChI=1S/C15H18O2/c1-11(10-16)9-13-8-7-12-5-3-4-6-14(12)15(13)17-2/h3-8,11,16H,9-10H2,1-2H3. The van der Waals surface area contributed by atoms with Gasteiger partial charge in [0.15, 0.2) is 0 Å². The number of ether oxygens (including phenoxy) is 1. The highest BCUT2D eigenvalue weighted by Gasteiger charge is 2.10. The molecule has 1 N–H and O–H groups in total. The molecule has 0 amide bonds. The Labute approximate surface area is 102 Å². The zero-order valence-corrected chi connectivity index (χ0v) is 10.3. The maximum absolute atomic E-state index is 9.13. The molecule has 0 aliphatic heterocycles. The third-order valence-corrected chi connectivity index (χ3v) is 3.05. The van der Waals surface area contributed by atoms with Gasteiger partial charge < -0.3 is 9.84 Å². The molecular formula is C15H18O2. The summed E-state index contributed by atoms with van der Waals surface area (Å²) in [7, 11) is 1.70. The topological polar surface area (TPSA) is 29.5 Å². The van der Waals surface area contributed by atoms with Crippen LogP contribution < -0.4 is 4.74 Å². The quantitative estimate of drug-likeness (QED) is 0.874. The summed E-state index contributed by atoms with van der Waals surface area (Å²) in [4.78, 5) is 0. The van der Waals surface area contributed by atoms with Crippen molar-refractivity contribution in [3.8, 4) is 5.75 Å². The monoisotopic (exact) mass is 230 g/mol. The van der Waals surface area contributed by atoms with Crippen molar-refractivity contribution in [1.29, 1.82) is 0 Å². The molecular weight excluding hydrogens is 212 g/mol. The van der Waals surface area contributed by atoms with E-state index in [1.165, 1.54) is 5.39 Å². The molecule has 0 saturated carbocycles. The number of fused-ring (bicyclic) bond motifs is 1. The maximum Gasteiger partial charge on any atom is 0.129 e. The molecule has 0 aromatic heterocycles. The fraction of sp³-hybridized carbons (Fsp3) is 0.333. The Bertz CT molecular complexity index is 505. The van der Waals surface area contributed by atoms with Gasteiger partial charge in [-0.1, -0.05) is 43.3 Å². The Balaban J connectivity index is 2.49. The SMILES string of the molecule is COc1c(CC(C)CO)ccc2ccccc12. The van der Waals surface area contributed by atoms with Crippen molar-refractivity contribution in [2.24, 2.45) is 5.92 Å². The van der Waals surface area contributed by atoms with E-state index in [0.717, 1.165) is 23.1 Å². The first kappa shape index (κ1) is 11.9. The van der Waals surface area contributed by atoms with Gasteiger partial charge in [0.05, 0.1) is 7.11 Å². The van der Waals surface area contributed by atoms with Crippen LogP contribution in [0.5, 0.6) is 5.75 Å². The van der Waals surface area contributed by atoms with Crippen LogP contribution in [0.15, 0.2) is 36.4 Å². The highest BCUT2D eigenvalue weighted by atomic mass is 16.5. The summed E-state index contributed by atoms with van der Waals surface area (Å²) >= 11 is 0. The minimum atomic E-state index is 0.204.